The van der Waals surface area contributed by atoms with Crippen molar-refractivity contribution in [1.29, 1.82) is 0 Å². The van der Waals surface area contributed by atoms with Gasteiger partial charge in [-0.05, 0) is 54.6 Å². The molecule has 0 unspecified atom stereocenters. The molecular weight excluding hydrogens is 347 g/mol. The van der Waals surface area contributed by atoms with Gasteiger partial charge in [0.05, 0.1) is 0 Å². The molecule has 0 heterocycles. The number of carbonyl (C=O) groups is 2. The Hall–Kier alpha value is -3.67. The molecule has 0 radical (unpaired) electrons. The molecule has 136 valence electrons. The molecular formula is C21H17FN2O3. The van der Waals surface area contributed by atoms with Crippen LogP contribution in [0, 0.1) is 5.82 Å². The smallest absolute Gasteiger partial charge is 0.233 e. The standard InChI is InChI=1S/C21H17FN2O3/c22-15-5-4-6-17(13-15)24-21(26)14-20(25)23-16-9-11-19(12-10-16)27-18-7-2-1-3-8-18/h1-13H,14H2,(H,23,25)(H,24,26). The number of nitrogens with one attached hydrogen (secondary N) is 2. The number of hydrogen-bond acceptors (Lipinski definition) is 3. The third-order valence-corrected chi connectivity index (χ3v) is 3.55. The Kier molecular flexibility index (Phi) is 5.79. The lowest BCUT2D eigenvalue weighted by molar-refractivity contribution is -0.123. The lowest BCUT2D eigenvalue weighted by atomic mass is 10.2. The zero-order valence-electron chi connectivity index (χ0n) is 14.3. The van der Waals surface area contributed by atoms with Crippen LogP contribution in [0.2, 0.25) is 0 Å². The minimum Gasteiger partial charge on any atom is -0.457 e. The SMILES string of the molecule is O=C(CC(=O)Nc1cccc(F)c1)Nc1ccc(Oc2ccccc2)cc1. The van der Waals surface area contributed by atoms with Gasteiger partial charge in [0.2, 0.25) is 11.8 Å². The highest BCUT2D eigenvalue weighted by Crippen LogP contribution is 2.22. The Morgan fingerprint density at radius 3 is 2.04 bits per heavy atom. The van der Waals surface area contributed by atoms with E-state index in [4.69, 9.17) is 4.74 Å². The van der Waals surface area contributed by atoms with E-state index in [1.807, 2.05) is 30.3 Å². The fourth-order valence-corrected chi connectivity index (χ4v) is 2.35. The molecule has 3 aromatic rings. The normalized spacial score (nSPS) is 10.1. The molecule has 0 aliphatic heterocycles. The number of ether oxygens (including phenoxy) is 1. The predicted molar refractivity (Wildman–Crippen MR) is 101 cm³/mol. The number of halogens is 1. The lowest BCUT2D eigenvalue weighted by Gasteiger charge is -2.08. The van der Waals surface area contributed by atoms with Crippen molar-refractivity contribution in [2.24, 2.45) is 0 Å². The number of benzene rings is 3. The van der Waals surface area contributed by atoms with Gasteiger partial charge in [-0.3, -0.25) is 9.59 Å². The Morgan fingerprint density at radius 1 is 0.741 bits per heavy atom. The van der Waals surface area contributed by atoms with E-state index >= 15 is 0 Å². The van der Waals surface area contributed by atoms with Gasteiger partial charge in [0.15, 0.2) is 0 Å². The van der Waals surface area contributed by atoms with Crippen LogP contribution in [0.3, 0.4) is 0 Å². The van der Waals surface area contributed by atoms with Crippen LogP contribution in [0.25, 0.3) is 0 Å². The summed E-state index contributed by atoms with van der Waals surface area (Å²) in [6.45, 7) is 0. The number of para-hydroxylation sites is 1. The molecule has 0 aliphatic carbocycles. The second kappa shape index (κ2) is 8.62. The van der Waals surface area contributed by atoms with Gasteiger partial charge >= 0.3 is 0 Å². The van der Waals surface area contributed by atoms with Crippen molar-refractivity contribution in [3.63, 3.8) is 0 Å². The van der Waals surface area contributed by atoms with E-state index in [-0.39, 0.29) is 6.42 Å². The van der Waals surface area contributed by atoms with Crippen LogP contribution < -0.4 is 15.4 Å². The molecule has 27 heavy (non-hydrogen) atoms. The van der Waals surface area contributed by atoms with E-state index in [1.165, 1.54) is 18.2 Å². The number of amides is 2. The molecule has 0 aromatic heterocycles. The Morgan fingerprint density at radius 2 is 1.37 bits per heavy atom. The van der Waals surface area contributed by atoms with Gasteiger partial charge in [-0.15, -0.1) is 0 Å². The first-order valence-electron chi connectivity index (χ1n) is 8.27. The highest BCUT2D eigenvalue weighted by Gasteiger charge is 2.10. The molecule has 0 bridgehead atoms. The summed E-state index contributed by atoms with van der Waals surface area (Å²) in [5, 5.41) is 5.11. The van der Waals surface area contributed by atoms with E-state index in [9.17, 15) is 14.0 Å². The van der Waals surface area contributed by atoms with Gasteiger partial charge in [0.1, 0.15) is 23.7 Å². The minimum atomic E-state index is -0.526. The van der Waals surface area contributed by atoms with Crippen molar-refractivity contribution in [2.45, 2.75) is 6.42 Å². The second-order valence-electron chi connectivity index (χ2n) is 5.72. The minimum absolute atomic E-state index is 0.301. The zero-order valence-corrected chi connectivity index (χ0v) is 14.3. The van der Waals surface area contributed by atoms with Crippen LogP contribution in [0.1, 0.15) is 6.42 Å². The van der Waals surface area contributed by atoms with Gasteiger partial charge in [-0.25, -0.2) is 4.39 Å². The molecule has 3 aromatic carbocycles. The summed E-state index contributed by atoms with van der Waals surface area (Å²) in [4.78, 5) is 23.8. The Labute approximate surface area is 155 Å². The number of anilines is 2. The van der Waals surface area contributed by atoms with Gasteiger partial charge in [0.25, 0.3) is 0 Å². The van der Waals surface area contributed by atoms with Crippen molar-refractivity contribution in [2.75, 3.05) is 10.6 Å². The maximum Gasteiger partial charge on any atom is 0.233 e. The van der Waals surface area contributed by atoms with Crippen LogP contribution in [0.4, 0.5) is 15.8 Å². The van der Waals surface area contributed by atoms with E-state index in [0.717, 1.165) is 0 Å². The number of rotatable bonds is 6. The molecule has 0 saturated heterocycles. The van der Waals surface area contributed by atoms with Crippen LogP contribution in [-0.2, 0) is 9.59 Å². The largest absolute Gasteiger partial charge is 0.457 e. The van der Waals surface area contributed by atoms with Crippen LogP contribution in [0.5, 0.6) is 11.5 Å². The van der Waals surface area contributed by atoms with Crippen LogP contribution in [-0.4, -0.2) is 11.8 Å². The summed E-state index contributed by atoms with van der Waals surface area (Å²) in [5.74, 6) is -0.121. The molecule has 0 spiro atoms. The summed E-state index contributed by atoms with van der Waals surface area (Å²) in [5.41, 5.74) is 0.842. The van der Waals surface area contributed by atoms with E-state index in [2.05, 4.69) is 10.6 Å². The van der Waals surface area contributed by atoms with E-state index in [1.54, 1.807) is 30.3 Å². The summed E-state index contributed by atoms with van der Waals surface area (Å²) in [7, 11) is 0. The maximum atomic E-state index is 13.1. The summed E-state index contributed by atoms with van der Waals surface area (Å²) >= 11 is 0. The Balaban J connectivity index is 1.51. The summed E-state index contributed by atoms with van der Waals surface area (Å²) in [6, 6.07) is 21.6. The van der Waals surface area contributed by atoms with E-state index < -0.39 is 17.6 Å². The van der Waals surface area contributed by atoms with Gasteiger partial charge in [-0.1, -0.05) is 24.3 Å². The van der Waals surface area contributed by atoms with Crippen molar-refractivity contribution in [3.8, 4) is 11.5 Å². The van der Waals surface area contributed by atoms with Crippen molar-refractivity contribution in [1.82, 2.24) is 0 Å². The molecule has 0 fully saturated rings. The molecule has 6 heteroatoms. The van der Waals surface area contributed by atoms with Crippen LogP contribution in [0.15, 0.2) is 78.9 Å². The third kappa shape index (κ3) is 5.67. The first kappa shape index (κ1) is 18.1. The number of hydrogen-bond donors (Lipinski definition) is 2. The molecule has 0 aliphatic rings. The average molecular weight is 364 g/mol. The quantitative estimate of drug-likeness (QED) is 0.629. The van der Waals surface area contributed by atoms with Gasteiger partial charge < -0.3 is 15.4 Å². The molecule has 0 atom stereocenters. The second-order valence-corrected chi connectivity index (χ2v) is 5.72. The fourth-order valence-electron chi connectivity index (χ4n) is 2.35. The summed E-state index contributed by atoms with van der Waals surface area (Å²) < 4.78 is 18.8. The number of carbonyl (C=O) groups excluding carboxylic acids is 2. The first-order valence-corrected chi connectivity index (χ1v) is 8.27. The molecule has 0 saturated carbocycles. The lowest BCUT2D eigenvalue weighted by Crippen LogP contribution is -2.21. The predicted octanol–water partition coefficient (Wildman–Crippen LogP) is 4.59. The maximum absolute atomic E-state index is 13.1. The van der Waals surface area contributed by atoms with Crippen molar-refractivity contribution in [3.05, 3.63) is 84.7 Å². The molecule has 3 rings (SSSR count). The topological polar surface area (TPSA) is 67.4 Å². The van der Waals surface area contributed by atoms with Gasteiger partial charge in [-0.2, -0.15) is 0 Å². The van der Waals surface area contributed by atoms with Crippen LogP contribution >= 0.6 is 0 Å². The van der Waals surface area contributed by atoms with Gasteiger partial charge in [0, 0.05) is 11.4 Å². The highest BCUT2D eigenvalue weighted by molar-refractivity contribution is 6.08. The Bertz CT molecular complexity index is 928. The third-order valence-electron chi connectivity index (χ3n) is 3.55. The highest BCUT2D eigenvalue weighted by atomic mass is 19.1. The molecule has 5 nitrogen and oxygen atoms in total. The first-order chi connectivity index (χ1) is 13.1. The molecule has 2 amide bonds. The average Bonchev–Trinajstić information content (AvgIpc) is 2.64. The summed E-state index contributed by atoms with van der Waals surface area (Å²) in [6.07, 6.45) is -0.376. The van der Waals surface area contributed by atoms with E-state index in [0.29, 0.717) is 22.9 Å². The zero-order chi connectivity index (χ0) is 19.1. The van der Waals surface area contributed by atoms with Crippen molar-refractivity contribution >= 4 is 23.2 Å². The molecule has 2 N–H and O–H groups in total. The van der Waals surface area contributed by atoms with Crippen molar-refractivity contribution < 1.29 is 18.7 Å². The fraction of sp³-hybridized carbons (Fsp3) is 0.0476. The monoisotopic (exact) mass is 364 g/mol.